The largest absolute Gasteiger partial charge is 0.385 e. The van der Waals surface area contributed by atoms with Crippen LogP contribution in [0.4, 0.5) is 28.3 Å². The molecule has 15 nitrogen and oxygen atoms in total. The molecule has 2 amide bonds. The Morgan fingerprint density at radius 3 is 2.29 bits per heavy atom. The van der Waals surface area contributed by atoms with Crippen molar-refractivity contribution in [3.05, 3.63) is 85.9 Å². The van der Waals surface area contributed by atoms with Gasteiger partial charge in [0.05, 0.1) is 29.7 Å². The number of aromatic nitrogens is 5. The summed E-state index contributed by atoms with van der Waals surface area (Å²) in [6.07, 6.45) is 12.6. The molecule has 0 spiro atoms. The number of carbonyl (C=O) groups excluding carboxylic acids is 3. The number of fused-ring (bicyclic) bond motifs is 1. The Kier molecular flexibility index (Phi) is 14.6. The molecule has 1 aliphatic heterocycles. The van der Waals surface area contributed by atoms with Crippen molar-refractivity contribution in [3.63, 3.8) is 0 Å². The fourth-order valence-corrected chi connectivity index (χ4v) is 9.21. The topological polar surface area (TPSA) is 179 Å². The number of nitrogens with zero attached hydrogens (tertiary/aromatic N) is 7. The Hall–Kier alpha value is -5.74. The lowest BCUT2D eigenvalue weighted by Gasteiger charge is -2.35. The molecule has 2 fully saturated rings. The highest BCUT2D eigenvalue weighted by Gasteiger charge is 2.26. The van der Waals surface area contributed by atoms with Gasteiger partial charge in [-0.15, -0.1) is 11.3 Å². The summed E-state index contributed by atoms with van der Waals surface area (Å²) < 4.78 is 1.71. The van der Waals surface area contributed by atoms with E-state index in [-0.39, 0.29) is 34.8 Å². The van der Waals surface area contributed by atoms with Gasteiger partial charge in [0.1, 0.15) is 11.5 Å². The molecule has 4 aromatic heterocycles. The number of piperazine rings is 1. The Bertz CT molecular complexity index is 2430. The Balaban J connectivity index is 0.780. The first kappa shape index (κ1) is 44.3. The highest BCUT2D eigenvalue weighted by atomic mass is 32.1. The molecular weight excluding hydrogens is 803 g/mol. The molecule has 1 aromatic carbocycles. The first-order chi connectivity index (χ1) is 29.9. The monoisotopic (exact) mass is 861 g/mol. The zero-order valence-corrected chi connectivity index (χ0v) is 37.4. The van der Waals surface area contributed by atoms with E-state index in [4.69, 9.17) is 4.98 Å². The number of amides is 2. The Morgan fingerprint density at radius 2 is 1.60 bits per heavy atom. The van der Waals surface area contributed by atoms with E-state index in [1.54, 1.807) is 17.7 Å². The lowest BCUT2D eigenvalue weighted by Crippen LogP contribution is -2.49. The average molecular weight is 862 g/mol. The molecule has 1 saturated carbocycles. The number of benzene rings is 1. The lowest BCUT2D eigenvalue weighted by molar-refractivity contribution is -0.122. The molecule has 0 unspecified atom stereocenters. The van der Waals surface area contributed by atoms with Gasteiger partial charge < -0.3 is 20.9 Å². The number of nitrogens with one attached hydrogen (secondary N) is 4. The standard InChI is InChI=1S/C46H59N11O4S/c1-29-15-16-34(25-37(29)43(60)54-46-51-31(3)33(5)62-46)47-19-11-7-6-8-12-20-48-40(59)28-55-21-23-56(24-22-55)36-17-18-39(49-26-36)52-45-50-27-38-30(2)41(32(4)58)44(61)57(42(38)53-45)35-13-9-10-14-35/h15-18,25-27,35,47H,6-14,19-24,28H2,1-5H3,(H,48,59)(H,51,54,60)(H,49,50,52,53). The van der Waals surface area contributed by atoms with Gasteiger partial charge in [0, 0.05) is 73.0 Å². The van der Waals surface area contributed by atoms with Crippen molar-refractivity contribution >= 4 is 68.2 Å². The number of carbonyl (C=O) groups is 3. The normalized spacial score (nSPS) is 14.6. The van der Waals surface area contributed by atoms with Crippen LogP contribution >= 0.6 is 11.3 Å². The molecule has 7 rings (SSSR count). The van der Waals surface area contributed by atoms with Gasteiger partial charge in [0.2, 0.25) is 11.9 Å². The molecule has 5 heterocycles. The second-order valence-electron chi connectivity index (χ2n) is 16.6. The van der Waals surface area contributed by atoms with E-state index in [2.05, 4.69) is 46.0 Å². The number of anilines is 5. The van der Waals surface area contributed by atoms with Crippen LogP contribution in [-0.2, 0) is 4.79 Å². The van der Waals surface area contributed by atoms with E-state index in [1.165, 1.54) is 18.3 Å². The van der Waals surface area contributed by atoms with Crippen molar-refractivity contribution in [2.45, 2.75) is 98.4 Å². The van der Waals surface area contributed by atoms with Crippen LogP contribution in [0.15, 0.2) is 47.5 Å². The van der Waals surface area contributed by atoms with Gasteiger partial charge in [-0.05, 0) is 95.7 Å². The summed E-state index contributed by atoms with van der Waals surface area (Å²) in [7, 11) is 0. The zero-order chi connectivity index (χ0) is 43.8. The van der Waals surface area contributed by atoms with Crippen molar-refractivity contribution in [3.8, 4) is 0 Å². The maximum atomic E-state index is 13.6. The minimum atomic E-state index is -0.275. The third-order valence-electron chi connectivity index (χ3n) is 12.1. The van der Waals surface area contributed by atoms with Gasteiger partial charge in [0.25, 0.3) is 11.5 Å². The maximum Gasteiger partial charge on any atom is 0.263 e. The average Bonchev–Trinajstić information content (AvgIpc) is 3.89. The van der Waals surface area contributed by atoms with Crippen LogP contribution in [0, 0.1) is 27.7 Å². The number of rotatable bonds is 18. The molecule has 62 heavy (non-hydrogen) atoms. The lowest BCUT2D eigenvalue weighted by atomic mass is 10.0. The van der Waals surface area contributed by atoms with Crippen LogP contribution in [0.3, 0.4) is 0 Å². The number of unbranched alkanes of at least 4 members (excludes halogenated alkanes) is 4. The van der Waals surface area contributed by atoms with E-state index >= 15 is 0 Å². The number of hydrogen-bond acceptors (Lipinski definition) is 13. The Labute approximate surface area is 367 Å². The van der Waals surface area contributed by atoms with E-state index in [9.17, 15) is 19.2 Å². The van der Waals surface area contributed by atoms with Crippen LogP contribution in [0.2, 0.25) is 0 Å². The van der Waals surface area contributed by atoms with Crippen LogP contribution in [-0.4, -0.2) is 92.8 Å². The fraction of sp³-hybridized carbons (Fsp3) is 0.478. The fourth-order valence-electron chi connectivity index (χ4n) is 8.40. The SMILES string of the molecule is CC(=O)c1c(C)c2cnc(Nc3ccc(N4CCN(CC(=O)NCCCCCCCNc5ccc(C)c(C(=O)Nc6nc(C)c(C)s6)c5)CC4)cn3)nc2n(C2CCCC2)c1=O. The van der Waals surface area contributed by atoms with Crippen molar-refractivity contribution < 1.29 is 14.4 Å². The van der Waals surface area contributed by atoms with Gasteiger partial charge in [0.15, 0.2) is 10.9 Å². The summed E-state index contributed by atoms with van der Waals surface area (Å²) in [5.74, 6) is 0.598. The van der Waals surface area contributed by atoms with Crippen LogP contribution < -0.4 is 31.7 Å². The van der Waals surface area contributed by atoms with Crippen LogP contribution in [0.5, 0.6) is 0 Å². The molecule has 4 N–H and O–H groups in total. The van der Waals surface area contributed by atoms with Gasteiger partial charge in [-0.2, -0.15) is 4.98 Å². The van der Waals surface area contributed by atoms with Gasteiger partial charge in [-0.25, -0.2) is 15.0 Å². The third kappa shape index (κ3) is 10.8. The van der Waals surface area contributed by atoms with Crippen molar-refractivity contribution in [2.24, 2.45) is 0 Å². The van der Waals surface area contributed by atoms with E-state index in [0.717, 1.165) is 118 Å². The highest BCUT2D eigenvalue weighted by molar-refractivity contribution is 7.15. The van der Waals surface area contributed by atoms with Gasteiger partial charge in [-0.3, -0.25) is 34.0 Å². The van der Waals surface area contributed by atoms with Crippen LogP contribution in [0.25, 0.3) is 11.0 Å². The number of hydrogen-bond donors (Lipinski definition) is 4. The van der Waals surface area contributed by atoms with E-state index < -0.39 is 0 Å². The zero-order valence-electron chi connectivity index (χ0n) is 36.6. The van der Waals surface area contributed by atoms with E-state index in [0.29, 0.717) is 52.1 Å². The van der Waals surface area contributed by atoms with E-state index in [1.807, 2.05) is 57.3 Å². The summed E-state index contributed by atoms with van der Waals surface area (Å²) in [4.78, 5) is 75.6. The summed E-state index contributed by atoms with van der Waals surface area (Å²) in [6.45, 7) is 14.2. The molecule has 16 heteroatoms. The highest BCUT2D eigenvalue weighted by Crippen LogP contribution is 2.32. The molecule has 5 aromatic rings. The molecular formula is C46H59N11O4S. The number of Topliss-reactive ketones (excluding diaryl/α,β-unsaturated/α-hetero) is 1. The smallest absolute Gasteiger partial charge is 0.263 e. The number of aryl methyl sites for hydroxylation is 4. The maximum absolute atomic E-state index is 13.6. The number of pyridine rings is 2. The van der Waals surface area contributed by atoms with Crippen molar-refractivity contribution in [1.29, 1.82) is 0 Å². The van der Waals surface area contributed by atoms with Crippen molar-refractivity contribution in [1.82, 2.24) is 34.7 Å². The van der Waals surface area contributed by atoms with Crippen LogP contribution in [0.1, 0.15) is 113 Å². The minimum Gasteiger partial charge on any atom is -0.385 e. The molecule has 0 radical (unpaired) electrons. The van der Waals surface area contributed by atoms with Gasteiger partial charge >= 0.3 is 0 Å². The second-order valence-corrected chi connectivity index (χ2v) is 17.8. The molecule has 1 aliphatic carbocycles. The summed E-state index contributed by atoms with van der Waals surface area (Å²) >= 11 is 1.49. The second kappa shape index (κ2) is 20.4. The van der Waals surface area contributed by atoms with Gasteiger partial charge in [-0.1, -0.05) is 38.2 Å². The van der Waals surface area contributed by atoms with Crippen molar-refractivity contribution in [2.75, 3.05) is 66.7 Å². The molecule has 2 aliphatic rings. The summed E-state index contributed by atoms with van der Waals surface area (Å²) in [6, 6.07) is 9.81. The Morgan fingerprint density at radius 1 is 0.855 bits per heavy atom. The molecule has 328 valence electrons. The number of ketones is 1. The summed E-state index contributed by atoms with van der Waals surface area (Å²) in [5.41, 5.74) is 5.53. The molecule has 1 saturated heterocycles. The minimum absolute atomic E-state index is 0.00893. The third-order valence-corrected chi connectivity index (χ3v) is 13.1. The molecule has 0 atom stereocenters. The predicted octanol–water partition coefficient (Wildman–Crippen LogP) is 7.49. The first-order valence-electron chi connectivity index (χ1n) is 21.9. The quantitative estimate of drug-likeness (QED) is 0.0505. The first-order valence-corrected chi connectivity index (χ1v) is 22.8. The predicted molar refractivity (Wildman–Crippen MR) is 248 cm³/mol. The number of thiazole rings is 1. The molecule has 0 bridgehead atoms. The summed E-state index contributed by atoms with van der Waals surface area (Å²) in [5, 5.41) is 14.0.